The molecule has 2 aliphatic heterocycles. The zero-order chi connectivity index (χ0) is 18.6. The lowest BCUT2D eigenvalue weighted by molar-refractivity contribution is 0.00954. The summed E-state index contributed by atoms with van der Waals surface area (Å²) in [7, 11) is 0. The van der Waals surface area contributed by atoms with E-state index in [1.54, 1.807) is 0 Å². The van der Waals surface area contributed by atoms with Crippen LogP contribution in [0, 0.1) is 0 Å². The van der Waals surface area contributed by atoms with Gasteiger partial charge in [-0.15, -0.1) is 0 Å². The third-order valence-electron chi connectivity index (χ3n) is 5.21. The fourth-order valence-electron chi connectivity index (χ4n) is 4.01. The quantitative estimate of drug-likeness (QED) is 0.751. The number of nitrogens with zero attached hydrogens (tertiary/aromatic N) is 3. The molecule has 2 saturated heterocycles. The lowest BCUT2D eigenvalue weighted by Crippen LogP contribution is -2.42. The molecular formula is C21H33N3O2. The summed E-state index contributed by atoms with van der Waals surface area (Å²) < 4.78 is 5.69. The monoisotopic (exact) mass is 359 g/mol. The minimum absolute atomic E-state index is 0.0607. The highest BCUT2D eigenvalue weighted by atomic mass is 16.6. The van der Waals surface area contributed by atoms with E-state index in [1.807, 2.05) is 37.9 Å². The highest BCUT2D eigenvalue weighted by molar-refractivity contribution is 5.69. The number of carbonyl (C=O) groups excluding carboxylic acids is 1. The average molecular weight is 360 g/mol. The molecule has 0 aliphatic carbocycles. The molecule has 2 aliphatic rings. The molecule has 144 valence electrons. The van der Waals surface area contributed by atoms with Gasteiger partial charge in [-0.3, -0.25) is 0 Å². The van der Waals surface area contributed by atoms with Crippen molar-refractivity contribution in [1.82, 2.24) is 9.88 Å². The first kappa shape index (κ1) is 19.0. The number of amides is 1. The summed E-state index contributed by atoms with van der Waals surface area (Å²) in [5.74, 6) is 1.06. The number of likely N-dealkylation sites (tertiary alicyclic amines) is 1. The van der Waals surface area contributed by atoms with Crippen molar-refractivity contribution >= 4 is 11.9 Å². The van der Waals surface area contributed by atoms with Crippen LogP contribution in [-0.4, -0.2) is 41.2 Å². The first-order chi connectivity index (χ1) is 12.5. The van der Waals surface area contributed by atoms with Crippen LogP contribution in [-0.2, 0) is 4.74 Å². The summed E-state index contributed by atoms with van der Waals surface area (Å²) in [6, 6.07) is 4.21. The fraction of sp³-hybridized carbons (Fsp3) is 0.714. The zero-order valence-corrected chi connectivity index (χ0v) is 16.5. The molecule has 5 nitrogen and oxygen atoms in total. The second kappa shape index (κ2) is 8.28. The normalized spacial score (nSPS) is 22.0. The highest BCUT2D eigenvalue weighted by Gasteiger charge is 2.33. The summed E-state index contributed by atoms with van der Waals surface area (Å²) >= 11 is 0. The maximum Gasteiger partial charge on any atom is 0.410 e. The molecule has 0 radical (unpaired) electrons. The van der Waals surface area contributed by atoms with Crippen LogP contribution >= 0.6 is 0 Å². The van der Waals surface area contributed by atoms with E-state index in [9.17, 15) is 4.79 Å². The number of hydrogen-bond donors (Lipinski definition) is 0. The van der Waals surface area contributed by atoms with Gasteiger partial charge in [-0.2, -0.15) is 0 Å². The Kier molecular flexibility index (Phi) is 6.05. The van der Waals surface area contributed by atoms with Crippen molar-refractivity contribution in [2.24, 2.45) is 0 Å². The molecule has 3 rings (SSSR count). The predicted octanol–water partition coefficient (Wildman–Crippen LogP) is 4.92. The second-order valence-corrected chi connectivity index (χ2v) is 8.50. The number of pyridine rings is 1. The van der Waals surface area contributed by atoms with E-state index in [0.717, 1.165) is 44.7 Å². The van der Waals surface area contributed by atoms with E-state index < -0.39 is 5.60 Å². The fourth-order valence-corrected chi connectivity index (χ4v) is 4.01. The molecule has 3 heterocycles. The molecule has 0 N–H and O–H groups in total. The number of hydrogen-bond acceptors (Lipinski definition) is 4. The number of rotatable bonds is 2. The van der Waals surface area contributed by atoms with Crippen LogP contribution in [0.25, 0.3) is 0 Å². The van der Waals surface area contributed by atoms with Crippen molar-refractivity contribution in [2.45, 2.75) is 77.4 Å². The molecule has 1 aromatic heterocycles. The SMILES string of the molecule is CC(C)(C)OC(=O)N1CCCCC1c1cccnc1N1CCCCCC1. The van der Waals surface area contributed by atoms with Gasteiger partial charge in [0.15, 0.2) is 0 Å². The molecule has 0 aromatic carbocycles. The summed E-state index contributed by atoms with van der Waals surface area (Å²) in [5, 5.41) is 0. The Morgan fingerprint density at radius 3 is 2.46 bits per heavy atom. The van der Waals surface area contributed by atoms with Gasteiger partial charge in [0, 0.05) is 31.4 Å². The van der Waals surface area contributed by atoms with E-state index in [2.05, 4.69) is 11.0 Å². The third kappa shape index (κ3) is 4.68. The summed E-state index contributed by atoms with van der Waals surface area (Å²) in [6.45, 7) is 8.66. The van der Waals surface area contributed by atoms with Gasteiger partial charge < -0.3 is 14.5 Å². The van der Waals surface area contributed by atoms with Crippen LogP contribution in [0.15, 0.2) is 18.3 Å². The summed E-state index contributed by atoms with van der Waals surface area (Å²) in [5.41, 5.74) is 0.710. The van der Waals surface area contributed by atoms with E-state index in [0.29, 0.717) is 0 Å². The van der Waals surface area contributed by atoms with Crippen molar-refractivity contribution < 1.29 is 9.53 Å². The summed E-state index contributed by atoms with van der Waals surface area (Å²) in [6.07, 6.45) is 9.86. The standard InChI is InChI=1S/C21H33N3O2/c1-21(2,3)26-20(25)24-16-9-6-12-18(24)17-11-10-13-22-19(17)23-14-7-4-5-8-15-23/h10-11,13,18H,4-9,12,14-16H2,1-3H3. The van der Waals surface area contributed by atoms with Crippen LogP contribution < -0.4 is 4.90 Å². The minimum atomic E-state index is -0.471. The Balaban J connectivity index is 1.86. The van der Waals surface area contributed by atoms with Crippen LogP contribution in [0.5, 0.6) is 0 Å². The third-order valence-corrected chi connectivity index (χ3v) is 5.21. The maximum absolute atomic E-state index is 12.8. The molecule has 1 amide bonds. The topological polar surface area (TPSA) is 45.7 Å². The van der Waals surface area contributed by atoms with Gasteiger partial charge in [0.25, 0.3) is 0 Å². The first-order valence-electron chi connectivity index (χ1n) is 10.2. The van der Waals surface area contributed by atoms with Crippen molar-refractivity contribution in [3.8, 4) is 0 Å². The lowest BCUT2D eigenvalue weighted by atomic mass is 9.95. The molecule has 2 fully saturated rings. The van der Waals surface area contributed by atoms with Crippen molar-refractivity contribution in [2.75, 3.05) is 24.5 Å². The van der Waals surface area contributed by atoms with Crippen molar-refractivity contribution in [3.63, 3.8) is 0 Å². The Labute approximate surface area is 157 Å². The first-order valence-corrected chi connectivity index (χ1v) is 10.2. The summed E-state index contributed by atoms with van der Waals surface area (Å²) in [4.78, 5) is 21.9. The number of aromatic nitrogens is 1. The molecule has 0 spiro atoms. The van der Waals surface area contributed by atoms with Gasteiger partial charge in [-0.1, -0.05) is 18.9 Å². The van der Waals surface area contributed by atoms with E-state index in [-0.39, 0.29) is 12.1 Å². The average Bonchev–Trinajstić information content (AvgIpc) is 2.89. The van der Waals surface area contributed by atoms with Gasteiger partial charge in [0.05, 0.1) is 6.04 Å². The Morgan fingerprint density at radius 2 is 1.77 bits per heavy atom. The van der Waals surface area contributed by atoms with Gasteiger partial charge in [-0.25, -0.2) is 9.78 Å². The van der Waals surface area contributed by atoms with Crippen LogP contribution in [0.3, 0.4) is 0 Å². The van der Waals surface area contributed by atoms with Gasteiger partial charge >= 0.3 is 6.09 Å². The molecule has 26 heavy (non-hydrogen) atoms. The van der Waals surface area contributed by atoms with Crippen LogP contribution in [0.2, 0.25) is 0 Å². The molecule has 1 atom stereocenters. The Bertz CT molecular complexity index is 604. The number of carbonyl (C=O) groups is 1. The molecule has 5 heteroatoms. The second-order valence-electron chi connectivity index (χ2n) is 8.50. The number of anilines is 1. The molecular weight excluding hydrogens is 326 g/mol. The smallest absolute Gasteiger partial charge is 0.410 e. The lowest BCUT2D eigenvalue weighted by Gasteiger charge is -2.38. The highest BCUT2D eigenvalue weighted by Crippen LogP contribution is 2.36. The van der Waals surface area contributed by atoms with Crippen molar-refractivity contribution in [3.05, 3.63) is 23.9 Å². The number of ether oxygens (including phenoxy) is 1. The van der Waals surface area contributed by atoms with Gasteiger partial charge in [-0.05, 0) is 58.9 Å². The van der Waals surface area contributed by atoms with Crippen LogP contribution in [0.4, 0.5) is 10.6 Å². The largest absolute Gasteiger partial charge is 0.444 e. The molecule has 0 saturated carbocycles. The molecule has 1 unspecified atom stereocenters. The van der Waals surface area contributed by atoms with Gasteiger partial charge in [0.1, 0.15) is 11.4 Å². The number of piperidine rings is 1. The van der Waals surface area contributed by atoms with E-state index in [4.69, 9.17) is 9.72 Å². The molecule has 1 aromatic rings. The van der Waals surface area contributed by atoms with Crippen LogP contribution in [0.1, 0.15) is 77.3 Å². The molecule has 0 bridgehead atoms. The predicted molar refractivity (Wildman–Crippen MR) is 104 cm³/mol. The zero-order valence-electron chi connectivity index (χ0n) is 16.5. The van der Waals surface area contributed by atoms with Gasteiger partial charge in [0.2, 0.25) is 0 Å². The maximum atomic E-state index is 12.8. The van der Waals surface area contributed by atoms with E-state index in [1.165, 1.54) is 31.2 Å². The Morgan fingerprint density at radius 1 is 1.08 bits per heavy atom. The van der Waals surface area contributed by atoms with E-state index >= 15 is 0 Å². The Hall–Kier alpha value is -1.78. The van der Waals surface area contributed by atoms with Crippen molar-refractivity contribution in [1.29, 1.82) is 0 Å². The minimum Gasteiger partial charge on any atom is -0.444 e.